The van der Waals surface area contributed by atoms with Crippen molar-refractivity contribution in [1.82, 2.24) is 0 Å². The minimum Gasteiger partial charge on any atom is -0.387 e. The van der Waals surface area contributed by atoms with Gasteiger partial charge in [0.1, 0.15) is 0 Å². The molecule has 0 fully saturated rings. The van der Waals surface area contributed by atoms with E-state index in [1.807, 2.05) is 0 Å². The molecule has 0 aliphatic carbocycles. The molecule has 70 valence electrons. The standard InChI is InChI=1S/C8H8FNO2S/c9-13(11,12)8(10)6-7-4-2-1-3-5-7/h1-6H,10H2. The van der Waals surface area contributed by atoms with Crippen LogP contribution in [0.1, 0.15) is 5.56 Å². The van der Waals surface area contributed by atoms with Crippen LogP contribution in [0.3, 0.4) is 0 Å². The third-order valence-corrected chi connectivity index (χ3v) is 2.07. The Balaban J connectivity index is 3.04. The van der Waals surface area contributed by atoms with Gasteiger partial charge in [0.2, 0.25) is 0 Å². The summed E-state index contributed by atoms with van der Waals surface area (Å²) in [5.74, 6) is 0. The molecule has 0 atom stereocenters. The van der Waals surface area contributed by atoms with Crippen molar-refractivity contribution >= 4 is 16.3 Å². The highest BCUT2D eigenvalue weighted by atomic mass is 32.3. The van der Waals surface area contributed by atoms with Gasteiger partial charge in [-0.05, 0) is 11.6 Å². The summed E-state index contributed by atoms with van der Waals surface area (Å²) >= 11 is 0. The van der Waals surface area contributed by atoms with Crippen molar-refractivity contribution in [2.24, 2.45) is 5.73 Å². The number of rotatable bonds is 2. The van der Waals surface area contributed by atoms with Gasteiger partial charge >= 0.3 is 10.2 Å². The normalized spacial score (nSPS) is 12.8. The second kappa shape index (κ2) is 3.57. The number of hydrogen-bond acceptors (Lipinski definition) is 3. The molecule has 1 aromatic rings. The van der Waals surface area contributed by atoms with Crippen LogP contribution in [0, 0.1) is 0 Å². The largest absolute Gasteiger partial charge is 0.387 e. The Morgan fingerprint density at radius 3 is 2.31 bits per heavy atom. The maximum atomic E-state index is 12.2. The molecular formula is C8H8FNO2S. The van der Waals surface area contributed by atoms with E-state index in [-0.39, 0.29) is 0 Å². The van der Waals surface area contributed by atoms with Gasteiger partial charge in [0.05, 0.1) is 0 Å². The molecule has 1 rings (SSSR count). The topological polar surface area (TPSA) is 60.2 Å². The molecule has 0 spiro atoms. The van der Waals surface area contributed by atoms with Crippen molar-refractivity contribution in [2.45, 2.75) is 0 Å². The first-order chi connectivity index (χ1) is 6.00. The van der Waals surface area contributed by atoms with Gasteiger partial charge < -0.3 is 5.73 Å². The molecule has 13 heavy (non-hydrogen) atoms. The first-order valence-corrected chi connectivity index (χ1v) is 4.85. The van der Waals surface area contributed by atoms with E-state index in [2.05, 4.69) is 0 Å². The Morgan fingerprint density at radius 1 is 1.31 bits per heavy atom. The lowest BCUT2D eigenvalue weighted by molar-refractivity contribution is 0.559. The van der Waals surface area contributed by atoms with E-state index in [0.717, 1.165) is 6.08 Å². The average molecular weight is 201 g/mol. The minimum absolute atomic E-state index is 0.543. The summed E-state index contributed by atoms with van der Waals surface area (Å²) in [6.45, 7) is 0. The third kappa shape index (κ3) is 2.87. The van der Waals surface area contributed by atoms with Crippen LogP contribution in [0.4, 0.5) is 3.89 Å². The molecule has 0 heterocycles. The maximum Gasteiger partial charge on any atom is 0.347 e. The number of nitrogens with two attached hydrogens (primary N) is 1. The molecule has 1 aromatic carbocycles. The molecule has 2 N–H and O–H groups in total. The molecule has 0 aliphatic rings. The van der Waals surface area contributed by atoms with Crippen LogP contribution in [0.15, 0.2) is 35.4 Å². The molecule has 0 amide bonds. The van der Waals surface area contributed by atoms with Gasteiger partial charge in [-0.3, -0.25) is 0 Å². The minimum atomic E-state index is -4.76. The summed E-state index contributed by atoms with van der Waals surface area (Å²) in [5, 5.41) is -0.779. The molecule has 0 saturated heterocycles. The van der Waals surface area contributed by atoms with Gasteiger partial charge in [0, 0.05) is 0 Å². The second-order valence-corrected chi connectivity index (χ2v) is 3.74. The Hall–Kier alpha value is -1.36. The van der Waals surface area contributed by atoms with E-state index in [1.165, 1.54) is 0 Å². The zero-order chi connectivity index (χ0) is 9.90. The van der Waals surface area contributed by atoms with Crippen LogP contribution in [0.5, 0.6) is 0 Å². The van der Waals surface area contributed by atoms with E-state index < -0.39 is 15.3 Å². The van der Waals surface area contributed by atoms with Crippen LogP contribution < -0.4 is 5.73 Å². The summed E-state index contributed by atoms with van der Waals surface area (Å²) in [6, 6.07) is 8.40. The lowest BCUT2D eigenvalue weighted by Crippen LogP contribution is -2.05. The average Bonchev–Trinajstić information content (AvgIpc) is 2.04. The van der Waals surface area contributed by atoms with Gasteiger partial charge in [-0.2, -0.15) is 8.42 Å². The Morgan fingerprint density at radius 2 is 1.85 bits per heavy atom. The fraction of sp³-hybridized carbons (Fsp3) is 0. The van der Waals surface area contributed by atoms with Crippen molar-refractivity contribution in [3.63, 3.8) is 0 Å². The predicted molar refractivity (Wildman–Crippen MR) is 48.6 cm³/mol. The molecule has 0 radical (unpaired) electrons. The Kier molecular flexibility index (Phi) is 2.67. The fourth-order valence-electron chi connectivity index (χ4n) is 0.784. The maximum absolute atomic E-state index is 12.2. The van der Waals surface area contributed by atoms with Gasteiger partial charge in [-0.25, -0.2) is 0 Å². The highest BCUT2D eigenvalue weighted by Crippen LogP contribution is 2.08. The summed E-state index contributed by atoms with van der Waals surface area (Å²) in [7, 11) is -4.76. The first-order valence-electron chi connectivity index (χ1n) is 3.47. The molecular weight excluding hydrogens is 193 g/mol. The van der Waals surface area contributed by atoms with Crippen LogP contribution in [-0.4, -0.2) is 8.42 Å². The zero-order valence-electron chi connectivity index (χ0n) is 6.64. The lowest BCUT2D eigenvalue weighted by atomic mass is 10.2. The van der Waals surface area contributed by atoms with Crippen LogP contribution in [0.25, 0.3) is 6.08 Å². The molecule has 0 bridgehead atoms. The fourth-order valence-corrected chi connectivity index (χ4v) is 1.06. The van der Waals surface area contributed by atoms with Crippen molar-refractivity contribution in [1.29, 1.82) is 0 Å². The van der Waals surface area contributed by atoms with Crippen molar-refractivity contribution < 1.29 is 12.3 Å². The number of hydrogen-bond donors (Lipinski definition) is 1. The van der Waals surface area contributed by atoms with E-state index in [0.29, 0.717) is 5.56 Å². The van der Waals surface area contributed by atoms with Gasteiger partial charge in [0.15, 0.2) is 5.03 Å². The molecule has 0 unspecified atom stereocenters. The summed E-state index contributed by atoms with van der Waals surface area (Å²) in [4.78, 5) is 0. The summed E-state index contributed by atoms with van der Waals surface area (Å²) in [5.41, 5.74) is 5.52. The predicted octanol–water partition coefficient (Wildman–Crippen LogP) is 1.24. The third-order valence-electron chi connectivity index (χ3n) is 1.39. The lowest BCUT2D eigenvalue weighted by Gasteiger charge is -1.94. The summed E-state index contributed by atoms with van der Waals surface area (Å²) in [6.07, 6.45) is 1.06. The zero-order valence-corrected chi connectivity index (χ0v) is 7.46. The highest BCUT2D eigenvalue weighted by Gasteiger charge is 2.10. The van der Waals surface area contributed by atoms with Crippen molar-refractivity contribution in [3.8, 4) is 0 Å². The number of halogens is 1. The van der Waals surface area contributed by atoms with E-state index in [9.17, 15) is 12.3 Å². The van der Waals surface area contributed by atoms with Crippen LogP contribution in [-0.2, 0) is 10.2 Å². The number of benzene rings is 1. The van der Waals surface area contributed by atoms with Crippen molar-refractivity contribution in [2.75, 3.05) is 0 Å². The Bertz CT molecular complexity index is 411. The van der Waals surface area contributed by atoms with E-state index in [4.69, 9.17) is 5.73 Å². The highest BCUT2D eigenvalue weighted by molar-refractivity contribution is 7.90. The molecule has 5 heteroatoms. The van der Waals surface area contributed by atoms with Gasteiger partial charge in [-0.1, -0.05) is 34.2 Å². The second-order valence-electron chi connectivity index (χ2n) is 2.40. The summed E-state index contributed by atoms with van der Waals surface area (Å²) < 4.78 is 32.8. The Labute approximate surface area is 75.9 Å². The van der Waals surface area contributed by atoms with Crippen molar-refractivity contribution in [3.05, 3.63) is 40.9 Å². The molecule has 0 saturated carbocycles. The monoisotopic (exact) mass is 201 g/mol. The van der Waals surface area contributed by atoms with Gasteiger partial charge in [-0.15, -0.1) is 0 Å². The molecule has 0 aliphatic heterocycles. The molecule has 0 aromatic heterocycles. The SMILES string of the molecule is NC(=Cc1ccccc1)S(=O)(=O)F. The van der Waals surface area contributed by atoms with Gasteiger partial charge in [0.25, 0.3) is 0 Å². The molecule has 3 nitrogen and oxygen atoms in total. The smallest absolute Gasteiger partial charge is 0.347 e. The quantitative estimate of drug-likeness (QED) is 0.732. The van der Waals surface area contributed by atoms with E-state index in [1.54, 1.807) is 30.3 Å². The first kappa shape index (κ1) is 9.73. The van der Waals surface area contributed by atoms with Crippen LogP contribution >= 0.6 is 0 Å². The van der Waals surface area contributed by atoms with E-state index >= 15 is 0 Å². The van der Waals surface area contributed by atoms with Crippen LogP contribution in [0.2, 0.25) is 0 Å².